The zero-order valence-electron chi connectivity index (χ0n) is 17.1. The van der Waals surface area contributed by atoms with Crippen LogP contribution in [0.5, 0.6) is 0 Å². The zero-order valence-corrected chi connectivity index (χ0v) is 17.1. The Balaban J connectivity index is 1.81. The number of hydrogen-bond acceptors (Lipinski definition) is 5. The number of carbonyl (C=O) groups excluding carboxylic acids is 2. The van der Waals surface area contributed by atoms with Crippen LogP contribution in [0.2, 0.25) is 0 Å². The fourth-order valence-corrected chi connectivity index (χ4v) is 3.42. The smallest absolute Gasteiger partial charge is 0.259 e. The van der Waals surface area contributed by atoms with Crippen molar-refractivity contribution in [3.05, 3.63) is 76.7 Å². The van der Waals surface area contributed by atoms with E-state index in [9.17, 15) is 14.0 Å². The minimum absolute atomic E-state index is 0.138. The van der Waals surface area contributed by atoms with Gasteiger partial charge in [0.2, 0.25) is 0 Å². The molecule has 4 aromatic rings. The largest absolute Gasteiger partial charge is 0.355 e. The van der Waals surface area contributed by atoms with E-state index in [4.69, 9.17) is 4.52 Å². The van der Waals surface area contributed by atoms with Crippen LogP contribution in [0.1, 0.15) is 32.0 Å². The van der Waals surface area contributed by atoms with Gasteiger partial charge in [0, 0.05) is 23.9 Å². The molecule has 156 valence electrons. The van der Waals surface area contributed by atoms with Gasteiger partial charge in [-0.1, -0.05) is 23.4 Å². The van der Waals surface area contributed by atoms with Gasteiger partial charge < -0.3 is 15.2 Å². The standard InChI is InChI=1S/C23H19FN4O3/c1-12-14(21(29)25-3)8-6-10-18(12)26-22(30)16-11-19(15-7-4-5-9-17(15)24)27-23-20(16)13(2)28-31-23/h4-11H,1-3H3,(H,25,29)(H,26,30). The number of carbonyl (C=O) groups is 2. The zero-order chi connectivity index (χ0) is 22.1. The molecule has 0 saturated carbocycles. The summed E-state index contributed by atoms with van der Waals surface area (Å²) in [5.41, 5.74) is 2.92. The van der Waals surface area contributed by atoms with Gasteiger partial charge in [-0.15, -0.1) is 0 Å². The van der Waals surface area contributed by atoms with Crippen LogP contribution < -0.4 is 10.6 Å². The molecule has 8 heteroatoms. The van der Waals surface area contributed by atoms with E-state index in [1.165, 1.54) is 12.1 Å². The van der Waals surface area contributed by atoms with Gasteiger partial charge >= 0.3 is 0 Å². The average molecular weight is 418 g/mol. The number of rotatable bonds is 4. The van der Waals surface area contributed by atoms with Crippen LogP contribution >= 0.6 is 0 Å². The lowest BCUT2D eigenvalue weighted by molar-refractivity contribution is 0.0960. The maximum Gasteiger partial charge on any atom is 0.259 e. The van der Waals surface area contributed by atoms with Gasteiger partial charge in [-0.25, -0.2) is 9.37 Å². The number of anilines is 1. The number of fused-ring (bicyclic) bond motifs is 1. The second kappa shape index (κ2) is 7.98. The molecule has 2 heterocycles. The summed E-state index contributed by atoms with van der Waals surface area (Å²) in [6.07, 6.45) is 0. The summed E-state index contributed by atoms with van der Waals surface area (Å²) >= 11 is 0. The fourth-order valence-electron chi connectivity index (χ4n) is 3.42. The van der Waals surface area contributed by atoms with Crippen molar-refractivity contribution in [1.82, 2.24) is 15.5 Å². The molecule has 31 heavy (non-hydrogen) atoms. The Bertz CT molecular complexity index is 1330. The van der Waals surface area contributed by atoms with Crippen molar-refractivity contribution in [2.24, 2.45) is 0 Å². The highest BCUT2D eigenvalue weighted by Crippen LogP contribution is 2.29. The first-order chi connectivity index (χ1) is 14.9. The van der Waals surface area contributed by atoms with Crippen LogP contribution in [0.15, 0.2) is 53.1 Å². The van der Waals surface area contributed by atoms with E-state index in [2.05, 4.69) is 20.8 Å². The minimum atomic E-state index is -0.467. The molecule has 0 atom stereocenters. The highest BCUT2D eigenvalue weighted by atomic mass is 19.1. The van der Waals surface area contributed by atoms with Crippen LogP contribution in [-0.2, 0) is 0 Å². The number of benzene rings is 2. The molecule has 2 N–H and O–H groups in total. The van der Waals surface area contributed by atoms with Crippen molar-refractivity contribution in [2.45, 2.75) is 13.8 Å². The summed E-state index contributed by atoms with van der Waals surface area (Å²) in [5, 5.41) is 9.76. The predicted octanol–water partition coefficient (Wildman–Crippen LogP) is 4.26. The van der Waals surface area contributed by atoms with Gasteiger partial charge in [0.1, 0.15) is 5.82 Å². The molecule has 0 aliphatic carbocycles. The summed E-state index contributed by atoms with van der Waals surface area (Å²) in [5.74, 6) is -1.17. The van der Waals surface area contributed by atoms with Gasteiger partial charge in [0.25, 0.3) is 17.5 Å². The van der Waals surface area contributed by atoms with Crippen molar-refractivity contribution < 1.29 is 18.5 Å². The molecule has 0 radical (unpaired) electrons. The molecule has 0 saturated heterocycles. The van der Waals surface area contributed by atoms with Crippen molar-refractivity contribution in [3.8, 4) is 11.3 Å². The molecule has 0 spiro atoms. The molecule has 2 aromatic carbocycles. The topological polar surface area (TPSA) is 97.1 Å². The van der Waals surface area contributed by atoms with E-state index in [1.807, 2.05) is 0 Å². The van der Waals surface area contributed by atoms with Gasteiger partial charge in [-0.2, -0.15) is 0 Å². The fraction of sp³-hybridized carbons (Fsp3) is 0.130. The lowest BCUT2D eigenvalue weighted by Gasteiger charge is -2.13. The molecule has 2 aromatic heterocycles. The second-order valence-corrected chi connectivity index (χ2v) is 6.99. The van der Waals surface area contributed by atoms with Crippen LogP contribution in [0.25, 0.3) is 22.4 Å². The molecular formula is C23H19FN4O3. The summed E-state index contributed by atoms with van der Waals surface area (Å²) in [6, 6.07) is 12.7. The van der Waals surface area contributed by atoms with Gasteiger partial charge in [-0.3, -0.25) is 9.59 Å². The monoisotopic (exact) mass is 418 g/mol. The second-order valence-electron chi connectivity index (χ2n) is 6.99. The molecule has 7 nitrogen and oxygen atoms in total. The molecule has 4 rings (SSSR count). The van der Waals surface area contributed by atoms with E-state index in [0.29, 0.717) is 27.9 Å². The molecule has 0 bridgehead atoms. The van der Waals surface area contributed by atoms with Gasteiger partial charge in [0.05, 0.1) is 22.3 Å². The third-order valence-corrected chi connectivity index (χ3v) is 5.07. The number of halogens is 1. The van der Waals surface area contributed by atoms with E-state index < -0.39 is 11.7 Å². The molecule has 0 aliphatic heterocycles. The Hall–Kier alpha value is -4.07. The number of aromatic nitrogens is 2. The Morgan fingerprint density at radius 1 is 1.00 bits per heavy atom. The maximum atomic E-state index is 14.3. The van der Waals surface area contributed by atoms with E-state index in [0.717, 1.165) is 0 Å². The summed E-state index contributed by atoms with van der Waals surface area (Å²) in [6.45, 7) is 3.45. The Kier molecular flexibility index (Phi) is 5.21. The highest BCUT2D eigenvalue weighted by Gasteiger charge is 2.21. The first-order valence-electron chi connectivity index (χ1n) is 9.55. The Morgan fingerprint density at radius 2 is 1.77 bits per heavy atom. The summed E-state index contributed by atoms with van der Waals surface area (Å²) in [7, 11) is 1.54. The summed E-state index contributed by atoms with van der Waals surface area (Å²) < 4.78 is 19.6. The number of hydrogen-bond donors (Lipinski definition) is 2. The van der Waals surface area contributed by atoms with Crippen molar-refractivity contribution in [1.29, 1.82) is 0 Å². The molecule has 0 fully saturated rings. The molecule has 0 unspecified atom stereocenters. The number of aryl methyl sites for hydroxylation is 1. The van der Waals surface area contributed by atoms with Crippen LogP contribution in [0.3, 0.4) is 0 Å². The lowest BCUT2D eigenvalue weighted by atomic mass is 10.0. The van der Waals surface area contributed by atoms with E-state index >= 15 is 0 Å². The van der Waals surface area contributed by atoms with E-state index in [-0.39, 0.29) is 28.4 Å². The predicted molar refractivity (Wildman–Crippen MR) is 114 cm³/mol. The van der Waals surface area contributed by atoms with Crippen LogP contribution in [0.4, 0.5) is 10.1 Å². The molecular weight excluding hydrogens is 399 g/mol. The minimum Gasteiger partial charge on any atom is -0.355 e. The lowest BCUT2D eigenvalue weighted by Crippen LogP contribution is -2.20. The average Bonchev–Trinajstić information content (AvgIpc) is 3.15. The maximum absolute atomic E-state index is 14.3. The first kappa shape index (κ1) is 20.2. The van der Waals surface area contributed by atoms with Gasteiger partial charge in [-0.05, 0) is 49.7 Å². The number of nitrogens with one attached hydrogen (secondary N) is 2. The van der Waals surface area contributed by atoms with Crippen LogP contribution in [0, 0.1) is 19.7 Å². The quantitative estimate of drug-likeness (QED) is 0.516. The molecule has 2 amide bonds. The summed E-state index contributed by atoms with van der Waals surface area (Å²) in [4.78, 5) is 29.7. The highest BCUT2D eigenvalue weighted by molar-refractivity contribution is 6.13. The Labute approximate surface area is 177 Å². The normalized spacial score (nSPS) is 10.8. The van der Waals surface area contributed by atoms with Crippen molar-refractivity contribution >= 4 is 28.6 Å². The van der Waals surface area contributed by atoms with Crippen LogP contribution in [-0.4, -0.2) is 29.0 Å². The third-order valence-electron chi connectivity index (χ3n) is 5.07. The number of nitrogens with zero attached hydrogens (tertiary/aromatic N) is 2. The number of amides is 2. The molecule has 0 aliphatic rings. The van der Waals surface area contributed by atoms with E-state index in [1.54, 1.807) is 57.3 Å². The first-order valence-corrected chi connectivity index (χ1v) is 9.55. The van der Waals surface area contributed by atoms with Crippen molar-refractivity contribution in [2.75, 3.05) is 12.4 Å². The SMILES string of the molecule is CNC(=O)c1cccc(NC(=O)c2cc(-c3ccccc3F)nc3onc(C)c23)c1C. The number of pyridine rings is 1. The van der Waals surface area contributed by atoms with Crippen molar-refractivity contribution in [3.63, 3.8) is 0 Å². The van der Waals surface area contributed by atoms with Gasteiger partial charge in [0.15, 0.2) is 0 Å². The third kappa shape index (κ3) is 3.63. The Morgan fingerprint density at radius 3 is 2.52 bits per heavy atom.